The van der Waals surface area contributed by atoms with Crippen LogP contribution in [0.2, 0.25) is 0 Å². The van der Waals surface area contributed by atoms with Crippen LogP contribution in [0, 0.1) is 0 Å². The normalized spacial score (nSPS) is 27.2. The average molecular weight is 315 g/mol. The van der Waals surface area contributed by atoms with Gasteiger partial charge in [0, 0.05) is 19.7 Å². The van der Waals surface area contributed by atoms with E-state index in [9.17, 15) is 14.4 Å². The highest BCUT2D eigenvalue weighted by molar-refractivity contribution is 8.02. The molecule has 2 rings (SSSR count). The van der Waals surface area contributed by atoms with Crippen LogP contribution in [-0.4, -0.2) is 73.0 Å². The summed E-state index contributed by atoms with van der Waals surface area (Å²) in [5, 5.41) is 1.42. The monoisotopic (exact) mass is 315 g/mol. The molecule has 116 valence electrons. The Balaban J connectivity index is 2.15. The number of nitrogens with zero attached hydrogens (tertiary/aromatic N) is 2. The molecular formula is C12H17N3O5S. The molecule has 8 nitrogen and oxygen atoms in total. The second kappa shape index (κ2) is 5.94. The van der Waals surface area contributed by atoms with Gasteiger partial charge in [-0.15, -0.1) is 11.8 Å². The van der Waals surface area contributed by atoms with E-state index in [0.29, 0.717) is 5.57 Å². The first-order valence-corrected chi connectivity index (χ1v) is 7.16. The number of carbonyl (C=O) groups is 3. The number of methoxy groups -OCH3 is 1. The number of carbonyl (C=O) groups excluding carboxylic acids is 3. The van der Waals surface area contributed by atoms with E-state index in [1.165, 1.54) is 28.7 Å². The number of rotatable bonds is 3. The van der Waals surface area contributed by atoms with Gasteiger partial charge in [-0.1, -0.05) is 0 Å². The number of hydrogen-bond donors (Lipinski definition) is 1. The zero-order valence-corrected chi connectivity index (χ0v) is 12.8. The molecule has 0 spiro atoms. The number of amides is 2. The molecule has 2 N–H and O–H groups in total. The van der Waals surface area contributed by atoms with E-state index < -0.39 is 24.1 Å². The molecular weight excluding hydrogens is 298 g/mol. The molecule has 2 aliphatic heterocycles. The Morgan fingerprint density at radius 2 is 2.14 bits per heavy atom. The van der Waals surface area contributed by atoms with Gasteiger partial charge in [-0.3, -0.25) is 4.79 Å². The lowest BCUT2D eigenvalue weighted by Crippen LogP contribution is -2.72. The van der Waals surface area contributed by atoms with Gasteiger partial charge in [-0.25, -0.2) is 9.59 Å². The number of fused-ring (bicyclic) bond motifs is 1. The number of β-lactam (4-membered cyclic amide) rings is 1. The van der Waals surface area contributed by atoms with Gasteiger partial charge in [0.15, 0.2) is 6.04 Å². The molecule has 1 unspecified atom stereocenters. The van der Waals surface area contributed by atoms with E-state index in [-0.39, 0.29) is 17.9 Å². The summed E-state index contributed by atoms with van der Waals surface area (Å²) < 4.78 is 9.80. The van der Waals surface area contributed by atoms with Crippen LogP contribution in [0.25, 0.3) is 0 Å². The fourth-order valence-electron chi connectivity index (χ4n) is 2.10. The predicted molar refractivity (Wildman–Crippen MR) is 75.1 cm³/mol. The first kappa shape index (κ1) is 15.6. The van der Waals surface area contributed by atoms with Crippen molar-refractivity contribution in [3.8, 4) is 0 Å². The van der Waals surface area contributed by atoms with E-state index >= 15 is 0 Å². The Morgan fingerprint density at radius 1 is 1.48 bits per heavy atom. The molecule has 0 bridgehead atoms. The van der Waals surface area contributed by atoms with E-state index in [1.807, 2.05) is 0 Å². The van der Waals surface area contributed by atoms with Crippen molar-refractivity contribution in [2.75, 3.05) is 27.8 Å². The van der Waals surface area contributed by atoms with Crippen molar-refractivity contribution in [2.45, 2.75) is 17.5 Å². The summed E-state index contributed by atoms with van der Waals surface area (Å²) in [5.41, 5.74) is 6.20. The summed E-state index contributed by atoms with van der Waals surface area (Å²) in [6, 6.07) is -1.51. The van der Waals surface area contributed by atoms with Gasteiger partial charge in [-0.2, -0.15) is 0 Å². The van der Waals surface area contributed by atoms with E-state index in [4.69, 9.17) is 15.2 Å². The highest BCUT2D eigenvalue weighted by atomic mass is 32.2. The van der Waals surface area contributed by atoms with Crippen molar-refractivity contribution >= 4 is 29.7 Å². The second-order valence-corrected chi connectivity index (χ2v) is 5.86. The molecule has 0 aliphatic carbocycles. The molecule has 1 fully saturated rings. The van der Waals surface area contributed by atoms with Crippen molar-refractivity contribution in [3.05, 3.63) is 11.0 Å². The lowest BCUT2D eigenvalue weighted by atomic mass is 9.99. The lowest BCUT2D eigenvalue weighted by molar-refractivity contribution is -0.160. The Morgan fingerprint density at radius 3 is 2.71 bits per heavy atom. The van der Waals surface area contributed by atoms with Gasteiger partial charge < -0.3 is 25.0 Å². The summed E-state index contributed by atoms with van der Waals surface area (Å²) in [5.74, 6) is -0.889. The minimum atomic E-state index is -0.886. The average Bonchev–Trinajstić information content (AvgIpc) is 2.49. The minimum Gasteiger partial charge on any atom is -0.467 e. The van der Waals surface area contributed by atoms with Gasteiger partial charge in [-0.05, 0) is 5.41 Å². The van der Waals surface area contributed by atoms with Crippen LogP contribution in [0.15, 0.2) is 11.0 Å². The summed E-state index contributed by atoms with van der Waals surface area (Å²) in [4.78, 5) is 37.9. The van der Waals surface area contributed by atoms with Crippen LogP contribution in [0.3, 0.4) is 0 Å². The van der Waals surface area contributed by atoms with Gasteiger partial charge in [0.2, 0.25) is 5.91 Å². The van der Waals surface area contributed by atoms with Crippen molar-refractivity contribution in [1.29, 1.82) is 0 Å². The third-order valence-electron chi connectivity index (χ3n) is 3.26. The predicted octanol–water partition coefficient (Wildman–Crippen LogP) is -0.647. The minimum absolute atomic E-state index is 0.0878. The molecule has 0 saturated carbocycles. The molecule has 2 aliphatic rings. The summed E-state index contributed by atoms with van der Waals surface area (Å²) in [6.45, 7) is -0.0878. The molecule has 0 aromatic rings. The Bertz CT molecular complexity index is 507. The maximum Gasteiger partial charge on any atom is 0.409 e. The van der Waals surface area contributed by atoms with Gasteiger partial charge in [0.1, 0.15) is 18.0 Å². The van der Waals surface area contributed by atoms with Crippen molar-refractivity contribution < 1.29 is 23.9 Å². The van der Waals surface area contributed by atoms with Crippen LogP contribution in [0.1, 0.15) is 0 Å². The quantitative estimate of drug-likeness (QED) is 0.545. The second-order valence-electron chi connectivity index (χ2n) is 4.87. The molecule has 9 heteroatoms. The molecule has 0 aromatic carbocycles. The van der Waals surface area contributed by atoms with Crippen LogP contribution >= 0.6 is 11.8 Å². The van der Waals surface area contributed by atoms with Crippen LogP contribution in [0.5, 0.6) is 0 Å². The highest BCUT2D eigenvalue weighted by Gasteiger charge is 2.54. The Hall–Kier alpha value is -1.74. The first-order chi connectivity index (χ1) is 9.88. The highest BCUT2D eigenvalue weighted by Crippen LogP contribution is 2.39. The zero-order chi connectivity index (χ0) is 15.7. The first-order valence-electron chi connectivity index (χ1n) is 6.22. The SMILES string of the molecule is COC(=O)C1C(COC(=O)N(C)C)=CS[C@@H]2[C@H](N)C(=O)N12. The maximum atomic E-state index is 11.9. The summed E-state index contributed by atoms with van der Waals surface area (Å²) >= 11 is 1.33. The van der Waals surface area contributed by atoms with Crippen LogP contribution < -0.4 is 5.73 Å². The van der Waals surface area contributed by atoms with Crippen LogP contribution in [-0.2, 0) is 19.1 Å². The molecule has 3 atom stereocenters. The lowest BCUT2D eigenvalue weighted by Gasteiger charge is -2.50. The number of ether oxygens (including phenoxy) is 2. The van der Waals surface area contributed by atoms with Crippen molar-refractivity contribution in [1.82, 2.24) is 9.80 Å². The Labute approximate surface area is 126 Å². The van der Waals surface area contributed by atoms with Crippen molar-refractivity contribution in [2.24, 2.45) is 5.73 Å². The molecule has 2 amide bonds. The standard InChI is InChI=1S/C12H17N3O5S/c1-14(2)12(18)20-4-6-5-21-10-7(13)9(16)15(10)8(6)11(17)19-3/h5,7-8,10H,4,13H2,1-3H3/t7-,8?,10-/m1/s1. The topological polar surface area (TPSA) is 102 Å². The van der Waals surface area contributed by atoms with E-state index in [2.05, 4.69) is 0 Å². The fraction of sp³-hybridized carbons (Fsp3) is 0.583. The van der Waals surface area contributed by atoms with Gasteiger partial charge in [0.05, 0.1) is 7.11 Å². The smallest absolute Gasteiger partial charge is 0.409 e. The molecule has 21 heavy (non-hydrogen) atoms. The fourth-order valence-corrected chi connectivity index (χ4v) is 3.25. The Kier molecular flexibility index (Phi) is 4.43. The molecule has 1 saturated heterocycles. The number of esters is 1. The summed E-state index contributed by atoms with van der Waals surface area (Å²) in [6.07, 6.45) is -0.529. The number of thioether (sulfide) groups is 1. The van der Waals surface area contributed by atoms with Gasteiger partial charge >= 0.3 is 12.1 Å². The number of nitrogens with two attached hydrogens (primary N) is 1. The van der Waals surface area contributed by atoms with Gasteiger partial charge in [0.25, 0.3) is 0 Å². The largest absolute Gasteiger partial charge is 0.467 e. The molecule has 0 radical (unpaired) electrons. The molecule has 0 aromatic heterocycles. The third-order valence-corrected chi connectivity index (χ3v) is 4.50. The third kappa shape index (κ3) is 2.70. The maximum absolute atomic E-state index is 11.9. The molecule has 2 heterocycles. The van der Waals surface area contributed by atoms with Crippen LogP contribution in [0.4, 0.5) is 4.79 Å². The number of hydrogen-bond acceptors (Lipinski definition) is 7. The summed E-state index contributed by atoms with van der Waals surface area (Å²) in [7, 11) is 4.35. The van der Waals surface area contributed by atoms with E-state index in [1.54, 1.807) is 19.5 Å². The zero-order valence-electron chi connectivity index (χ0n) is 11.9. The van der Waals surface area contributed by atoms with E-state index in [0.717, 1.165) is 0 Å². The van der Waals surface area contributed by atoms with Crippen molar-refractivity contribution in [3.63, 3.8) is 0 Å².